The van der Waals surface area contributed by atoms with Crippen molar-refractivity contribution in [1.29, 1.82) is 0 Å². The van der Waals surface area contributed by atoms with E-state index in [-0.39, 0.29) is 0 Å². The molecule has 0 spiro atoms. The van der Waals surface area contributed by atoms with Crippen molar-refractivity contribution >= 4 is 9.84 Å². The predicted molar refractivity (Wildman–Crippen MR) is 82.4 cm³/mol. The minimum atomic E-state index is -2.78. The van der Waals surface area contributed by atoms with Gasteiger partial charge in [0.15, 0.2) is 9.84 Å². The Kier molecular flexibility index (Phi) is 5.57. The molecule has 0 amide bonds. The fourth-order valence-corrected chi connectivity index (χ4v) is 3.69. The minimum Gasteiger partial charge on any atom is -0.313 e. The molecule has 20 heavy (non-hydrogen) atoms. The number of hydrogen-bond donors (Lipinski definition) is 1. The van der Waals surface area contributed by atoms with Crippen LogP contribution in [0.4, 0.5) is 0 Å². The average molecular weight is 296 g/mol. The summed E-state index contributed by atoms with van der Waals surface area (Å²) in [5, 5.41) is 3.40. The van der Waals surface area contributed by atoms with Gasteiger partial charge in [-0.25, -0.2) is 8.42 Å². The van der Waals surface area contributed by atoms with Crippen molar-refractivity contribution in [3.05, 3.63) is 35.4 Å². The van der Waals surface area contributed by atoms with Gasteiger partial charge in [0.25, 0.3) is 0 Å². The number of rotatable bonds is 6. The first-order valence-corrected chi connectivity index (χ1v) is 9.12. The van der Waals surface area contributed by atoms with Gasteiger partial charge >= 0.3 is 0 Å². The molecule has 1 saturated heterocycles. The van der Waals surface area contributed by atoms with Gasteiger partial charge in [-0.1, -0.05) is 31.2 Å². The van der Waals surface area contributed by atoms with E-state index < -0.39 is 9.84 Å². The van der Waals surface area contributed by atoms with Crippen LogP contribution in [0.1, 0.15) is 24.5 Å². The lowest BCUT2D eigenvalue weighted by molar-refractivity contribution is 0.287. The molecule has 112 valence electrons. The quantitative estimate of drug-likeness (QED) is 0.807. The minimum absolute atomic E-state index is 0.296. The van der Waals surface area contributed by atoms with Gasteiger partial charge in [-0.3, -0.25) is 4.90 Å². The lowest BCUT2D eigenvalue weighted by Gasteiger charge is -2.26. The first kappa shape index (κ1) is 15.5. The van der Waals surface area contributed by atoms with E-state index in [1.807, 2.05) is 0 Å². The standard InChI is InChI=1S/C15H24N2O2S/c1-2-6-16-12-14-4-3-5-15(11-14)13-17-7-9-20(18,19)10-8-17/h3-5,11,16H,2,6-10,12-13H2,1H3. The summed E-state index contributed by atoms with van der Waals surface area (Å²) >= 11 is 0. The first-order chi connectivity index (χ1) is 9.59. The van der Waals surface area contributed by atoms with E-state index >= 15 is 0 Å². The molecule has 1 aliphatic heterocycles. The SMILES string of the molecule is CCCNCc1cccc(CN2CCS(=O)(=O)CC2)c1. The Morgan fingerprint density at radius 2 is 1.90 bits per heavy atom. The topological polar surface area (TPSA) is 49.4 Å². The molecule has 0 atom stereocenters. The molecule has 1 heterocycles. The summed E-state index contributed by atoms with van der Waals surface area (Å²) < 4.78 is 22.8. The molecule has 0 radical (unpaired) electrons. The number of nitrogens with one attached hydrogen (secondary N) is 1. The van der Waals surface area contributed by atoms with Gasteiger partial charge in [-0.15, -0.1) is 0 Å². The number of sulfone groups is 1. The molecule has 5 heteroatoms. The zero-order chi connectivity index (χ0) is 14.4. The fraction of sp³-hybridized carbons (Fsp3) is 0.600. The second-order valence-electron chi connectivity index (χ2n) is 5.42. The fourth-order valence-electron chi connectivity index (χ4n) is 2.41. The van der Waals surface area contributed by atoms with Gasteiger partial charge in [0, 0.05) is 26.2 Å². The van der Waals surface area contributed by atoms with Crippen LogP contribution in [-0.4, -0.2) is 44.5 Å². The maximum absolute atomic E-state index is 11.4. The lowest BCUT2D eigenvalue weighted by atomic mass is 10.1. The molecule has 0 bridgehead atoms. The maximum Gasteiger partial charge on any atom is 0.152 e. The second kappa shape index (κ2) is 7.20. The summed E-state index contributed by atoms with van der Waals surface area (Å²) in [7, 11) is -2.78. The van der Waals surface area contributed by atoms with E-state index in [4.69, 9.17) is 0 Å². The van der Waals surface area contributed by atoms with Gasteiger partial charge in [-0.2, -0.15) is 0 Å². The summed E-state index contributed by atoms with van der Waals surface area (Å²) in [5.41, 5.74) is 2.56. The van der Waals surface area contributed by atoms with Crippen LogP contribution in [0, 0.1) is 0 Å². The van der Waals surface area contributed by atoms with Crippen molar-refractivity contribution in [3.63, 3.8) is 0 Å². The molecule has 4 nitrogen and oxygen atoms in total. The molecule has 0 unspecified atom stereocenters. The highest BCUT2D eigenvalue weighted by Crippen LogP contribution is 2.11. The van der Waals surface area contributed by atoms with Crippen molar-refractivity contribution in [3.8, 4) is 0 Å². The van der Waals surface area contributed by atoms with Gasteiger partial charge in [0.2, 0.25) is 0 Å². The first-order valence-electron chi connectivity index (χ1n) is 7.30. The average Bonchev–Trinajstić information content (AvgIpc) is 2.42. The molecule has 1 aromatic carbocycles. The van der Waals surface area contributed by atoms with Crippen LogP contribution in [0.25, 0.3) is 0 Å². The predicted octanol–water partition coefficient (Wildman–Crippen LogP) is 1.42. The van der Waals surface area contributed by atoms with Crippen molar-refractivity contribution in [2.24, 2.45) is 0 Å². The third-order valence-corrected chi connectivity index (χ3v) is 5.20. The van der Waals surface area contributed by atoms with E-state index in [9.17, 15) is 8.42 Å². The normalized spacial score (nSPS) is 19.1. The molecule has 1 aliphatic rings. The van der Waals surface area contributed by atoms with Crippen molar-refractivity contribution in [1.82, 2.24) is 10.2 Å². The largest absolute Gasteiger partial charge is 0.313 e. The zero-order valence-corrected chi connectivity index (χ0v) is 13.0. The molecule has 1 aromatic rings. The van der Waals surface area contributed by atoms with E-state index in [1.54, 1.807) is 0 Å². The van der Waals surface area contributed by atoms with Gasteiger partial charge in [-0.05, 0) is 24.1 Å². The third-order valence-electron chi connectivity index (χ3n) is 3.59. The van der Waals surface area contributed by atoms with Crippen LogP contribution in [0.5, 0.6) is 0 Å². The molecule has 0 aromatic heterocycles. The van der Waals surface area contributed by atoms with Crippen LogP contribution in [0.2, 0.25) is 0 Å². The second-order valence-corrected chi connectivity index (χ2v) is 7.73. The Labute approximate surface area is 122 Å². The van der Waals surface area contributed by atoms with Crippen LogP contribution < -0.4 is 5.32 Å². The molecular formula is C15H24N2O2S. The van der Waals surface area contributed by atoms with E-state index in [0.29, 0.717) is 24.6 Å². The molecule has 0 aliphatic carbocycles. The van der Waals surface area contributed by atoms with Gasteiger partial charge in [0.1, 0.15) is 0 Å². The molecule has 2 rings (SSSR count). The molecular weight excluding hydrogens is 272 g/mol. The summed E-state index contributed by atoms with van der Waals surface area (Å²) in [6.45, 7) is 6.25. The number of hydrogen-bond acceptors (Lipinski definition) is 4. The molecule has 1 fully saturated rings. The Morgan fingerprint density at radius 3 is 2.60 bits per heavy atom. The highest BCUT2D eigenvalue weighted by molar-refractivity contribution is 7.91. The summed E-state index contributed by atoms with van der Waals surface area (Å²) in [4.78, 5) is 2.22. The van der Waals surface area contributed by atoms with Crippen LogP contribution in [0.15, 0.2) is 24.3 Å². The van der Waals surface area contributed by atoms with Crippen LogP contribution >= 0.6 is 0 Å². The summed E-state index contributed by atoms with van der Waals surface area (Å²) in [6, 6.07) is 8.55. The van der Waals surface area contributed by atoms with Crippen LogP contribution in [0.3, 0.4) is 0 Å². The molecule has 1 N–H and O–H groups in total. The Bertz CT molecular complexity index is 514. The van der Waals surface area contributed by atoms with Crippen LogP contribution in [-0.2, 0) is 22.9 Å². The van der Waals surface area contributed by atoms with Crippen molar-refractivity contribution in [2.75, 3.05) is 31.1 Å². The Hall–Kier alpha value is -0.910. The highest BCUT2D eigenvalue weighted by Gasteiger charge is 2.21. The smallest absolute Gasteiger partial charge is 0.152 e. The summed E-state index contributed by atoms with van der Waals surface area (Å²) in [6.07, 6.45) is 1.14. The zero-order valence-electron chi connectivity index (χ0n) is 12.1. The van der Waals surface area contributed by atoms with Crippen molar-refractivity contribution < 1.29 is 8.42 Å². The van der Waals surface area contributed by atoms with E-state index in [1.165, 1.54) is 11.1 Å². The monoisotopic (exact) mass is 296 g/mol. The maximum atomic E-state index is 11.4. The highest BCUT2D eigenvalue weighted by atomic mass is 32.2. The lowest BCUT2D eigenvalue weighted by Crippen LogP contribution is -2.39. The Morgan fingerprint density at radius 1 is 1.20 bits per heavy atom. The van der Waals surface area contributed by atoms with Crippen molar-refractivity contribution in [2.45, 2.75) is 26.4 Å². The Balaban J connectivity index is 1.88. The van der Waals surface area contributed by atoms with Gasteiger partial charge < -0.3 is 5.32 Å². The van der Waals surface area contributed by atoms with E-state index in [2.05, 4.69) is 41.4 Å². The van der Waals surface area contributed by atoms with E-state index in [0.717, 1.165) is 26.1 Å². The van der Waals surface area contributed by atoms with Gasteiger partial charge in [0.05, 0.1) is 11.5 Å². The number of nitrogens with zero attached hydrogens (tertiary/aromatic N) is 1. The summed E-state index contributed by atoms with van der Waals surface area (Å²) in [5.74, 6) is 0.593. The molecule has 0 saturated carbocycles. The number of benzene rings is 1. The third kappa shape index (κ3) is 4.89.